The normalized spacial score (nSPS) is 33.0. The number of fused-ring (bicyclic) bond motifs is 2. The molecule has 2 fully saturated rings. The summed E-state index contributed by atoms with van der Waals surface area (Å²) < 4.78 is 0. The summed E-state index contributed by atoms with van der Waals surface area (Å²) in [7, 11) is 0. The molecule has 1 unspecified atom stereocenters. The zero-order valence-electron chi connectivity index (χ0n) is 11.9. The highest BCUT2D eigenvalue weighted by Crippen LogP contribution is 2.41. The Labute approximate surface area is 119 Å². The molecule has 1 aromatic rings. The molecule has 2 heterocycles. The van der Waals surface area contributed by atoms with Crippen molar-refractivity contribution in [2.45, 2.75) is 56.8 Å². The van der Waals surface area contributed by atoms with Gasteiger partial charge >= 0.3 is 6.09 Å². The van der Waals surface area contributed by atoms with E-state index in [0.717, 1.165) is 19.4 Å². The molecule has 2 saturated heterocycles. The lowest BCUT2D eigenvalue weighted by Crippen LogP contribution is -2.57. The Bertz CT molecular complexity index is 475. The molecule has 0 spiro atoms. The number of carboxylic acid groups (broad SMARTS) is 1. The zero-order chi connectivity index (χ0) is 14.2. The zero-order valence-corrected chi connectivity index (χ0v) is 11.9. The molecule has 3 rings (SSSR count). The summed E-state index contributed by atoms with van der Waals surface area (Å²) in [5.41, 5.74) is 1.09. The molecule has 3 atom stereocenters. The van der Waals surface area contributed by atoms with Crippen LogP contribution in [0.2, 0.25) is 0 Å². The first-order chi connectivity index (χ1) is 9.56. The van der Waals surface area contributed by atoms with Gasteiger partial charge < -0.3 is 10.4 Å². The molecule has 0 radical (unpaired) electrons. The van der Waals surface area contributed by atoms with E-state index >= 15 is 0 Å². The van der Waals surface area contributed by atoms with Crippen molar-refractivity contribution in [3.05, 3.63) is 35.9 Å². The van der Waals surface area contributed by atoms with Gasteiger partial charge in [0, 0.05) is 24.2 Å². The first-order valence-corrected chi connectivity index (χ1v) is 7.36. The molecule has 2 N–H and O–H groups in total. The largest absolute Gasteiger partial charge is 0.465 e. The minimum absolute atomic E-state index is 0.259. The van der Waals surface area contributed by atoms with E-state index < -0.39 is 6.09 Å². The predicted molar refractivity (Wildman–Crippen MR) is 77.6 cm³/mol. The molecule has 0 saturated carbocycles. The molecule has 20 heavy (non-hydrogen) atoms. The number of hydrogen-bond acceptors (Lipinski definition) is 2. The molecular weight excluding hydrogens is 252 g/mol. The number of hydrogen-bond donors (Lipinski definition) is 2. The van der Waals surface area contributed by atoms with E-state index in [-0.39, 0.29) is 5.54 Å². The van der Waals surface area contributed by atoms with Gasteiger partial charge in [-0.15, -0.1) is 0 Å². The summed E-state index contributed by atoms with van der Waals surface area (Å²) in [4.78, 5) is 13.5. The van der Waals surface area contributed by atoms with Gasteiger partial charge in [0.05, 0.1) is 0 Å². The van der Waals surface area contributed by atoms with Crippen molar-refractivity contribution in [1.82, 2.24) is 10.2 Å². The Morgan fingerprint density at radius 2 is 1.90 bits per heavy atom. The van der Waals surface area contributed by atoms with Crippen LogP contribution in [0.15, 0.2) is 30.3 Å². The molecule has 4 nitrogen and oxygen atoms in total. The fourth-order valence-electron chi connectivity index (χ4n) is 3.99. The third-order valence-corrected chi connectivity index (χ3v) is 4.76. The number of nitrogens with zero attached hydrogens (tertiary/aromatic N) is 1. The summed E-state index contributed by atoms with van der Waals surface area (Å²) in [6.45, 7) is 3.03. The topological polar surface area (TPSA) is 52.6 Å². The van der Waals surface area contributed by atoms with Crippen molar-refractivity contribution >= 4 is 6.09 Å². The summed E-state index contributed by atoms with van der Waals surface area (Å²) in [5, 5.41) is 11.7. The van der Waals surface area contributed by atoms with Gasteiger partial charge in [-0.2, -0.15) is 0 Å². The van der Waals surface area contributed by atoms with Crippen LogP contribution >= 0.6 is 0 Å². The Balaban J connectivity index is 1.70. The lowest BCUT2D eigenvalue weighted by atomic mass is 9.84. The molecule has 108 valence electrons. The molecule has 1 amide bonds. The fraction of sp³-hybridized carbons (Fsp3) is 0.562. The Hall–Kier alpha value is -1.55. The van der Waals surface area contributed by atoms with Gasteiger partial charge in [-0.05, 0) is 38.2 Å². The van der Waals surface area contributed by atoms with Gasteiger partial charge in [-0.3, -0.25) is 4.90 Å². The quantitative estimate of drug-likeness (QED) is 0.891. The monoisotopic (exact) mass is 274 g/mol. The standard InChI is InChI=1S/C16H22N2O2/c1-16(17-15(19)20)9-13-7-8-14(10-16)18(13)11-12-5-3-2-4-6-12/h2-6,13-14,17H,7-11H2,1H3,(H,19,20)/t13-,14+,16?. The first kappa shape index (κ1) is 13.4. The highest BCUT2D eigenvalue weighted by atomic mass is 16.4. The van der Waals surface area contributed by atoms with Crippen molar-refractivity contribution < 1.29 is 9.90 Å². The molecule has 2 aliphatic rings. The fourth-order valence-corrected chi connectivity index (χ4v) is 3.99. The maximum atomic E-state index is 11.0. The summed E-state index contributed by atoms with van der Waals surface area (Å²) in [6, 6.07) is 11.6. The van der Waals surface area contributed by atoms with Crippen LogP contribution in [0.1, 0.15) is 38.2 Å². The summed E-state index contributed by atoms with van der Waals surface area (Å²) >= 11 is 0. The summed E-state index contributed by atoms with van der Waals surface area (Å²) in [6.07, 6.45) is 3.32. The Kier molecular flexibility index (Phi) is 3.42. The van der Waals surface area contributed by atoms with Crippen LogP contribution in [0.4, 0.5) is 4.79 Å². The third-order valence-electron chi connectivity index (χ3n) is 4.76. The van der Waals surface area contributed by atoms with Crippen LogP contribution in [0.3, 0.4) is 0 Å². The van der Waals surface area contributed by atoms with Gasteiger partial charge in [0.1, 0.15) is 0 Å². The molecular formula is C16H22N2O2. The SMILES string of the molecule is CC1(NC(=O)O)C[C@H]2CC[C@@H](C1)N2Cc1ccccc1. The van der Waals surface area contributed by atoms with E-state index in [1.54, 1.807) is 0 Å². The van der Waals surface area contributed by atoms with Crippen molar-refractivity contribution in [3.63, 3.8) is 0 Å². The lowest BCUT2D eigenvalue weighted by Gasteiger charge is -2.44. The highest BCUT2D eigenvalue weighted by molar-refractivity contribution is 5.65. The van der Waals surface area contributed by atoms with Crippen LogP contribution in [0.25, 0.3) is 0 Å². The minimum Gasteiger partial charge on any atom is -0.465 e. The molecule has 1 aromatic carbocycles. The number of nitrogens with one attached hydrogen (secondary N) is 1. The lowest BCUT2D eigenvalue weighted by molar-refractivity contribution is 0.0693. The van der Waals surface area contributed by atoms with Gasteiger partial charge in [-0.25, -0.2) is 4.79 Å². The van der Waals surface area contributed by atoms with Crippen LogP contribution in [-0.2, 0) is 6.54 Å². The molecule has 4 heteroatoms. The average Bonchev–Trinajstić information content (AvgIpc) is 2.64. The van der Waals surface area contributed by atoms with Crippen LogP contribution in [0.5, 0.6) is 0 Å². The minimum atomic E-state index is -0.900. The van der Waals surface area contributed by atoms with Gasteiger partial charge in [0.25, 0.3) is 0 Å². The van der Waals surface area contributed by atoms with Crippen molar-refractivity contribution in [1.29, 1.82) is 0 Å². The number of piperidine rings is 1. The molecule has 2 aliphatic heterocycles. The predicted octanol–water partition coefficient (Wildman–Crippen LogP) is 2.84. The van der Waals surface area contributed by atoms with Gasteiger partial charge in [0.2, 0.25) is 0 Å². The highest BCUT2D eigenvalue weighted by Gasteiger charge is 2.46. The summed E-state index contributed by atoms with van der Waals surface area (Å²) in [5.74, 6) is 0. The van der Waals surface area contributed by atoms with Crippen molar-refractivity contribution in [2.75, 3.05) is 0 Å². The second-order valence-corrected chi connectivity index (χ2v) is 6.44. The van der Waals surface area contributed by atoms with E-state index in [0.29, 0.717) is 12.1 Å². The second-order valence-electron chi connectivity index (χ2n) is 6.44. The smallest absolute Gasteiger partial charge is 0.405 e. The average molecular weight is 274 g/mol. The van der Waals surface area contributed by atoms with Crippen molar-refractivity contribution in [3.8, 4) is 0 Å². The van der Waals surface area contributed by atoms with E-state index in [1.807, 2.05) is 13.0 Å². The van der Waals surface area contributed by atoms with Crippen LogP contribution in [-0.4, -0.2) is 33.7 Å². The van der Waals surface area contributed by atoms with Crippen molar-refractivity contribution in [2.24, 2.45) is 0 Å². The van der Waals surface area contributed by atoms with Crippen LogP contribution < -0.4 is 5.32 Å². The van der Waals surface area contributed by atoms with Gasteiger partial charge in [0.15, 0.2) is 0 Å². The third kappa shape index (κ3) is 2.66. The Morgan fingerprint density at radius 1 is 1.30 bits per heavy atom. The van der Waals surface area contributed by atoms with E-state index in [9.17, 15) is 4.79 Å². The number of benzene rings is 1. The number of amides is 1. The second kappa shape index (κ2) is 5.09. The molecule has 2 bridgehead atoms. The number of rotatable bonds is 3. The van der Waals surface area contributed by atoms with E-state index in [1.165, 1.54) is 18.4 Å². The Morgan fingerprint density at radius 3 is 2.45 bits per heavy atom. The molecule has 0 aliphatic carbocycles. The van der Waals surface area contributed by atoms with Crippen LogP contribution in [0, 0.1) is 0 Å². The van der Waals surface area contributed by atoms with E-state index in [4.69, 9.17) is 5.11 Å². The maximum Gasteiger partial charge on any atom is 0.405 e. The first-order valence-electron chi connectivity index (χ1n) is 7.36. The van der Waals surface area contributed by atoms with Gasteiger partial charge in [-0.1, -0.05) is 30.3 Å². The number of carbonyl (C=O) groups is 1. The molecule has 0 aromatic heterocycles. The maximum absolute atomic E-state index is 11.0. The van der Waals surface area contributed by atoms with E-state index in [2.05, 4.69) is 34.5 Å².